The molecule has 0 unspecified atom stereocenters. The fourth-order valence-corrected chi connectivity index (χ4v) is 4.29. The van der Waals surface area contributed by atoms with E-state index in [9.17, 15) is 14.7 Å². The van der Waals surface area contributed by atoms with Crippen molar-refractivity contribution in [2.24, 2.45) is 0 Å². The standard InChI is InChI=1S/C23H21NO5/c25-19-8-7-15-16(17-11-14-5-1-2-6-20(14)28-23(17)27)12-21(26)29-22(15)18(19)13-24-9-3-4-10-24/h2,6-8,11-12,25H,1,3-5,9-10,13H2. The van der Waals surface area contributed by atoms with Gasteiger partial charge in [-0.05, 0) is 68.6 Å². The highest BCUT2D eigenvalue weighted by Crippen LogP contribution is 2.34. The largest absolute Gasteiger partial charge is 0.507 e. The van der Waals surface area contributed by atoms with Gasteiger partial charge in [0.1, 0.15) is 17.1 Å². The summed E-state index contributed by atoms with van der Waals surface area (Å²) in [5.41, 5.74) is 1.62. The second kappa shape index (κ2) is 7.04. The zero-order chi connectivity index (χ0) is 20.0. The van der Waals surface area contributed by atoms with Gasteiger partial charge in [-0.1, -0.05) is 6.08 Å². The number of phenols is 1. The molecule has 1 fully saturated rings. The minimum atomic E-state index is -0.558. The van der Waals surface area contributed by atoms with Crippen LogP contribution in [-0.4, -0.2) is 23.1 Å². The Morgan fingerprint density at radius 2 is 1.86 bits per heavy atom. The molecule has 5 rings (SSSR count). The molecule has 0 spiro atoms. The van der Waals surface area contributed by atoms with Gasteiger partial charge in [0, 0.05) is 23.6 Å². The Morgan fingerprint density at radius 3 is 2.69 bits per heavy atom. The fraction of sp³-hybridized carbons (Fsp3) is 0.304. The maximum absolute atomic E-state index is 12.7. The lowest BCUT2D eigenvalue weighted by atomic mass is 9.96. The fourth-order valence-electron chi connectivity index (χ4n) is 4.29. The van der Waals surface area contributed by atoms with Crippen LogP contribution in [0.15, 0.2) is 48.8 Å². The maximum atomic E-state index is 12.7. The third-order valence-corrected chi connectivity index (χ3v) is 5.77. The van der Waals surface area contributed by atoms with Crippen molar-refractivity contribution in [2.75, 3.05) is 13.1 Å². The van der Waals surface area contributed by atoms with Gasteiger partial charge < -0.3 is 13.9 Å². The van der Waals surface area contributed by atoms with Crippen LogP contribution in [-0.2, 0) is 13.0 Å². The predicted molar refractivity (Wildman–Crippen MR) is 110 cm³/mol. The number of benzene rings is 1. The molecular formula is C23H21NO5. The second-order valence-corrected chi connectivity index (χ2v) is 7.68. The van der Waals surface area contributed by atoms with Gasteiger partial charge >= 0.3 is 11.3 Å². The van der Waals surface area contributed by atoms with Crippen molar-refractivity contribution in [1.29, 1.82) is 0 Å². The van der Waals surface area contributed by atoms with Crippen LogP contribution in [0.5, 0.6) is 5.75 Å². The van der Waals surface area contributed by atoms with Gasteiger partial charge in [-0.15, -0.1) is 0 Å². The van der Waals surface area contributed by atoms with Crippen molar-refractivity contribution in [3.63, 3.8) is 0 Å². The molecule has 0 radical (unpaired) electrons. The number of aromatic hydroxyl groups is 1. The molecular weight excluding hydrogens is 370 g/mol. The van der Waals surface area contributed by atoms with Gasteiger partial charge in [0.05, 0.1) is 11.1 Å². The minimum absolute atomic E-state index is 0.0901. The van der Waals surface area contributed by atoms with Crippen LogP contribution in [0.2, 0.25) is 0 Å². The Labute approximate surface area is 166 Å². The maximum Gasteiger partial charge on any atom is 0.344 e. The SMILES string of the molecule is O=c1cc(-c2cc3c(oc2=O)C=CCC3)c2ccc(O)c(CN3CCCC3)c2o1. The molecule has 6 heteroatoms. The van der Waals surface area contributed by atoms with E-state index in [1.807, 2.05) is 18.2 Å². The Kier molecular flexibility index (Phi) is 4.36. The van der Waals surface area contributed by atoms with E-state index < -0.39 is 11.3 Å². The number of likely N-dealkylation sites (tertiary alicyclic amines) is 1. The molecule has 29 heavy (non-hydrogen) atoms. The first-order valence-electron chi connectivity index (χ1n) is 9.95. The molecule has 2 aromatic heterocycles. The highest BCUT2D eigenvalue weighted by Gasteiger charge is 2.21. The molecule has 1 N–H and O–H groups in total. The van der Waals surface area contributed by atoms with Crippen LogP contribution in [0.4, 0.5) is 0 Å². The van der Waals surface area contributed by atoms with Crippen LogP contribution < -0.4 is 11.3 Å². The van der Waals surface area contributed by atoms with Gasteiger partial charge in [0.2, 0.25) is 0 Å². The Balaban J connectivity index is 1.72. The number of hydrogen-bond donors (Lipinski definition) is 1. The monoisotopic (exact) mass is 391 g/mol. The van der Waals surface area contributed by atoms with E-state index in [2.05, 4.69) is 4.90 Å². The normalized spacial score (nSPS) is 16.4. The molecule has 1 aliphatic heterocycles. The highest BCUT2D eigenvalue weighted by atomic mass is 16.4. The lowest BCUT2D eigenvalue weighted by molar-refractivity contribution is 0.323. The minimum Gasteiger partial charge on any atom is -0.507 e. The first-order valence-corrected chi connectivity index (χ1v) is 9.95. The molecule has 2 aliphatic rings. The zero-order valence-electron chi connectivity index (χ0n) is 15.9. The summed E-state index contributed by atoms with van der Waals surface area (Å²) < 4.78 is 11.0. The summed E-state index contributed by atoms with van der Waals surface area (Å²) in [6.07, 6.45) is 7.68. The second-order valence-electron chi connectivity index (χ2n) is 7.68. The molecule has 0 bridgehead atoms. The third kappa shape index (κ3) is 3.19. The van der Waals surface area contributed by atoms with Gasteiger partial charge in [0.25, 0.3) is 0 Å². The van der Waals surface area contributed by atoms with E-state index in [1.54, 1.807) is 12.1 Å². The number of rotatable bonds is 3. The quantitative estimate of drug-likeness (QED) is 0.686. The van der Waals surface area contributed by atoms with Crippen molar-refractivity contribution in [3.8, 4) is 16.9 Å². The summed E-state index contributed by atoms with van der Waals surface area (Å²) in [6, 6.07) is 6.43. The molecule has 1 saturated heterocycles. The zero-order valence-corrected chi connectivity index (χ0v) is 15.9. The molecule has 1 aromatic carbocycles. The van der Waals surface area contributed by atoms with Gasteiger partial charge in [0.15, 0.2) is 0 Å². The summed E-state index contributed by atoms with van der Waals surface area (Å²) in [4.78, 5) is 27.3. The van der Waals surface area contributed by atoms with E-state index in [4.69, 9.17) is 8.83 Å². The predicted octanol–water partition coefficient (Wildman–Crippen LogP) is 3.67. The van der Waals surface area contributed by atoms with Crippen molar-refractivity contribution in [1.82, 2.24) is 4.90 Å². The topological polar surface area (TPSA) is 83.9 Å². The summed E-state index contributed by atoms with van der Waals surface area (Å²) in [5, 5.41) is 11.1. The first-order chi connectivity index (χ1) is 14.1. The summed E-state index contributed by atoms with van der Waals surface area (Å²) in [7, 11) is 0. The van der Waals surface area contributed by atoms with Crippen molar-refractivity contribution < 1.29 is 13.9 Å². The average molecular weight is 391 g/mol. The van der Waals surface area contributed by atoms with Gasteiger partial charge in [-0.3, -0.25) is 4.90 Å². The van der Waals surface area contributed by atoms with E-state index in [0.29, 0.717) is 40.0 Å². The van der Waals surface area contributed by atoms with E-state index in [1.165, 1.54) is 6.07 Å². The Bertz CT molecular complexity index is 1240. The number of fused-ring (bicyclic) bond motifs is 2. The van der Waals surface area contributed by atoms with Crippen LogP contribution in [0, 0.1) is 0 Å². The van der Waals surface area contributed by atoms with E-state index in [0.717, 1.165) is 44.3 Å². The first kappa shape index (κ1) is 17.9. The molecule has 3 heterocycles. The average Bonchev–Trinajstić information content (AvgIpc) is 3.22. The lowest BCUT2D eigenvalue weighted by Crippen LogP contribution is -2.19. The van der Waals surface area contributed by atoms with Gasteiger partial charge in [-0.2, -0.15) is 0 Å². The van der Waals surface area contributed by atoms with Crippen molar-refractivity contribution in [2.45, 2.75) is 32.2 Å². The van der Waals surface area contributed by atoms with Crippen LogP contribution >= 0.6 is 0 Å². The van der Waals surface area contributed by atoms with Crippen molar-refractivity contribution >= 4 is 17.0 Å². The summed E-state index contributed by atoms with van der Waals surface area (Å²) in [6.45, 7) is 2.39. The molecule has 0 amide bonds. The highest BCUT2D eigenvalue weighted by molar-refractivity contribution is 5.95. The van der Waals surface area contributed by atoms with Crippen molar-refractivity contribution in [3.05, 3.63) is 68.1 Å². The van der Waals surface area contributed by atoms with E-state index in [-0.39, 0.29) is 5.75 Å². The van der Waals surface area contributed by atoms with Crippen LogP contribution in [0.25, 0.3) is 28.2 Å². The third-order valence-electron chi connectivity index (χ3n) is 5.77. The van der Waals surface area contributed by atoms with Crippen LogP contribution in [0.1, 0.15) is 36.1 Å². The molecule has 3 aromatic rings. The Hall–Kier alpha value is -3.12. The molecule has 148 valence electrons. The smallest absolute Gasteiger partial charge is 0.344 e. The number of nitrogens with zero attached hydrogens (tertiary/aromatic N) is 1. The van der Waals surface area contributed by atoms with Crippen LogP contribution in [0.3, 0.4) is 0 Å². The lowest BCUT2D eigenvalue weighted by Gasteiger charge is -2.17. The molecule has 0 saturated carbocycles. The van der Waals surface area contributed by atoms with Gasteiger partial charge in [-0.25, -0.2) is 9.59 Å². The molecule has 1 aliphatic carbocycles. The number of phenolic OH excluding ortho intramolecular Hbond substituents is 1. The summed E-state index contributed by atoms with van der Waals surface area (Å²) >= 11 is 0. The van der Waals surface area contributed by atoms with E-state index >= 15 is 0 Å². The molecule has 6 nitrogen and oxygen atoms in total. The number of hydrogen-bond acceptors (Lipinski definition) is 6. The number of aryl methyl sites for hydroxylation is 1. The molecule has 0 atom stereocenters. The Morgan fingerprint density at radius 1 is 1.03 bits per heavy atom. The summed E-state index contributed by atoms with van der Waals surface area (Å²) in [5.74, 6) is 0.664. The number of allylic oxidation sites excluding steroid dienone is 1.